The first-order valence-corrected chi connectivity index (χ1v) is 8.38. The molecule has 0 radical (unpaired) electrons. The average molecular weight is 310 g/mol. The molecule has 1 aromatic carbocycles. The Morgan fingerprint density at radius 2 is 2.05 bits per heavy atom. The number of fused-ring (bicyclic) bond motifs is 1. The number of nitrogens with zero attached hydrogens (tertiary/aromatic N) is 1. The number of benzene rings is 1. The zero-order valence-electron chi connectivity index (χ0n) is 11.8. The summed E-state index contributed by atoms with van der Waals surface area (Å²) in [6.45, 7) is 1.40. The molecule has 0 saturated carbocycles. The van der Waals surface area contributed by atoms with E-state index in [0.717, 1.165) is 11.1 Å². The maximum atomic E-state index is 12.0. The first-order valence-electron chi connectivity index (χ1n) is 6.65. The molecular weight excluding hydrogens is 292 g/mol. The van der Waals surface area contributed by atoms with E-state index in [4.69, 9.17) is 5.11 Å². The highest BCUT2D eigenvalue weighted by Gasteiger charge is 2.23. The molecule has 1 unspecified atom stereocenters. The van der Waals surface area contributed by atoms with E-state index in [1.54, 1.807) is 29.4 Å². The molecule has 114 valence electrons. The zero-order valence-corrected chi connectivity index (χ0v) is 12.6. The Labute approximate surface area is 125 Å². The van der Waals surface area contributed by atoms with Gasteiger partial charge in [0.05, 0.1) is 5.56 Å². The molecule has 1 aliphatic rings. The van der Waals surface area contributed by atoms with E-state index in [1.165, 1.54) is 0 Å². The standard InChI is InChI=1S/C14H18N2O4S/c1-21(20)6-2-5-15-14(19)16-8-11-4-3-10(13(17)18)7-12(11)9-16/h3-4,7H,2,5-6,8-9H2,1H3,(H,15,19)(H,17,18). The lowest BCUT2D eigenvalue weighted by molar-refractivity contribution is 0.0696. The number of carbonyl (C=O) groups excluding carboxylic acids is 1. The second-order valence-electron chi connectivity index (χ2n) is 5.01. The second kappa shape index (κ2) is 6.71. The SMILES string of the molecule is CS(=O)CCCNC(=O)N1Cc2ccc(C(=O)O)cc2C1. The van der Waals surface area contributed by atoms with E-state index >= 15 is 0 Å². The number of amides is 2. The van der Waals surface area contributed by atoms with Gasteiger partial charge >= 0.3 is 12.0 Å². The van der Waals surface area contributed by atoms with Crippen molar-refractivity contribution in [2.45, 2.75) is 19.5 Å². The van der Waals surface area contributed by atoms with Crippen LogP contribution in [0.1, 0.15) is 27.9 Å². The summed E-state index contributed by atoms with van der Waals surface area (Å²) in [4.78, 5) is 24.6. The molecule has 2 rings (SSSR count). The molecule has 7 heteroatoms. The molecule has 21 heavy (non-hydrogen) atoms. The summed E-state index contributed by atoms with van der Waals surface area (Å²) in [7, 11) is -0.842. The first-order chi connectivity index (χ1) is 9.97. The van der Waals surface area contributed by atoms with Gasteiger partial charge < -0.3 is 15.3 Å². The van der Waals surface area contributed by atoms with Crippen LogP contribution in [0.5, 0.6) is 0 Å². The Hall–Kier alpha value is -1.89. The van der Waals surface area contributed by atoms with Crippen LogP contribution in [0.2, 0.25) is 0 Å². The van der Waals surface area contributed by atoms with Gasteiger partial charge in [0, 0.05) is 42.4 Å². The van der Waals surface area contributed by atoms with E-state index < -0.39 is 16.8 Å². The molecule has 2 amide bonds. The number of urea groups is 1. The van der Waals surface area contributed by atoms with Gasteiger partial charge in [-0.2, -0.15) is 0 Å². The van der Waals surface area contributed by atoms with Crippen LogP contribution in [-0.4, -0.2) is 44.8 Å². The van der Waals surface area contributed by atoms with Gasteiger partial charge in [-0.3, -0.25) is 4.21 Å². The van der Waals surface area contributed by atoms with Crippen LogP contribution in [0.4, 0.5) is 4.79 Å². The molecule has 0 aromatic heterocycles. The lowest BCUT2D eigenvalue weighted by atomic mass is 10.1. The molecule has 1 aromatic rings. The van der Waals surface area contributed by atoms with E-state index in [2.05, 4.69) is 5.32 Å². The quantitative estimate of drug-likeness (QED) is 0.800. The largest absolute Gasteiger partial charge is 0.478 e. The molecule has 1 aliphatic heterocycles. The smallest absolute Gasteiger partial charge is 0.335 e. The third-order valence-electron chi connectivity index (χ3n) is 3.35. The summed E-state index contributed by atoms with van der Waals surface area (Å²) in [5.41, 5.74) is 2.09. The van der Waals surface area contributed by atoms with Crippen molar-refractivity contribution in [3.8, 4) is 0 Å². The maximum absolute atomic E-state index is 12.0. The van der Waals surface area contributed by atoms with Crippen LogP contribution < -0.4 is 5.32 Å². The number of rotatable bonds is 5. The van der Waals surface area contributed by atoms with E-state index in [1.807, 2.05) is 0 Å². The summed E-state index contributed by atoms with van der Waals surface area (Å²) in [6.07, 6.45) is 2.32. The van der Waals surface area contributed by atoms with Crippen LogP contribution in [0, 0.1) is 0 Å². The zero-order chi connectivity index (χ0) is 15.4. The lowest BCUT2D eigenvalue weighted by Gasteiger charge is -2.16. The van der Waals surface area contributed by atoms with Crippen LogP contribution in [0.15, 0.2) is 18.2 Å². The summed E-state index contributed by atoms with van der Waals surface area (Å²) in [6, 6.07) is 4.75. The highest BCUT2D eigenvalue weighted by Crippen LogP contribution is 2.23. The first kappa shape index (κ1) is 15.5. The molecule has 6 nitrogen and oxygen atoms in total. The van der Waals surface area contributed by atoms with Gasteiger partial charge in [-0.05, 0) is 29.7 Å². The number of nitrogens with one attached hydrogen (secondary N) is 1. The van der Waals surface area contributed by atoms with Crippen molar-refractivity contribution < 1.29 is 18.9 Å². The van der Waals surface area contributed by atoms with Crippen molar-refractivity contribution in [1.29, 1.82) is 0 Å². The monoisotopic (exact) mass is 310 g/mol. The molecule has 0 aliphatic carbocycles. The van der Waals surface area contributed by atoms with Gasteiger partial charge in [-0.15, -0.1) is 0 Å². The highest BCUT2D eigenvalue weighted by atomic mass is 32.2. The third kappa shape index (κ3) is 4.04. The van der Waals surface area contributed by atoms with Gasteiger partial charge in [0.15, 0.2) is 0 Å². The number of hydrogen-bond donors (Lipinski definition) is 2. The molecule has 0 fully saturated rings. The van der Waals surface area contributed by atoms with Crippen LogP contribution in [0.3, 0.4) is 0 Å². The molecule has 1 atom stereocenters. The van der Waals surface area contributed by atoms with E-state index in [0.29, 0.717) is 31.8 Å². The third-order valence-corrected chi connectivity index (χ3v) is 4.21. The Morgan fingerprint density at radius 1 is 1.33 bits per heavy atom. The van der Waals surface area contributed by atoms with Crippen molar-refractivity contribution >= 4 is 22.8 Å². The molecule has 0 bridgehead atoms. The minimum atomic E-state index is -0.965. The lowest BCUT2D eigenvalue weighted by Crippen LogP contribution is -2.37. The summed E-state index contributed by atoms with van der Waals surface area (Å²) < 4.78 is 10.9. The minimum Gasteiger partial charge on any atom is -0.478 e. The van der Waals surface area contributed by atoms with Crippen molar-refractivity contribution in [1.82, 2.24) is 10.2 Å². The number of aromatic carboxylic acids is 1. The summed E-state index contributed by atoms with van der Waals surface area (Å²) >= 11 is 0. The van der Waals surface area contributed by atoms with Crippen LogP contribution in [-0.2, 0) is 23.9 Å². The van der Waals surface area contributed by atoms with Gasteiger partial charge in [0.25, 0.3) is 0 Å². The minimum absolute atomic E-state index is 0.176. The van der Waals surface area contributed by atoms with Crippen molar-refractivity contribution in [2.24, 2.45) is 0 Å². The van der Waals surface area contributed by atoms with Gasteiger partial charge in [0.1, 0.15) is 0 Å². The van der Waals surface area contributed by atoms with Gasteiger partial charge in [-0.1, -0.05) is 6.07 Å². The predicted octanol–water partition coefficient (Wildman–Crippen LogP) is 1.18. The summed E-state index contributed by atoms with van der Waals surface area (Å²) in [5.74, 6) is -0.393. The Kier molecular flexibility index (Phi) is 4.95. The number of carboxylic acid groups (broad SMARTS) is 1. The molecule has 2 N–H and O–H groups in total. The van der Waals surface area contributed by atoms with Crippen molar-refractivity contribution in [3.63, 3.8) is 0 Å². The predicted molar refractivity (Wildman–Crippen MR) is 79.6 cm³/mol. The van der Waals surface area contributed by atoms with Crippen molar-refractivity contribution in [3.05, 3.63) is 34.9 Å². The van der Waals surface area contributed by atoms with Crippen LogP contribution in [0.25, 0.3) is 0 Å². The fourth-order valence-electron chi connectivity index (χ4n) is 2.25. The normalized spacial score (nSPS) is 14.6. The number of hydrogen-bond acceptors (Lipinski definition) is 3. The number of carbonyl (C=O) groups is 2. The average Bonchev–Trinajstić information content (AvgIpc) is 2.85. The topological polar surface area (TPSA) is 86.7 Å². The van der Waals surface area contributed by atoms with Gasteiger partial charge in [0.2, 0.25) is 0 Å². The Morgan fingerprint density at radius 3 is 2.71 bits per heavy atom. The van der Waals surface area contributed by atoms with Crippen LogP contribution >= 0.6 is 0 Å². The van der Waals surface area contributed by atoms with E-state index in [-0.39, 0.29) is 11.6 Å². The molecular formula is C14H18N2O4S. The molecule has 0 spiro atoms. The number of carboxylic acids is 1. The second-order valence-corrected chi connectivity index (χ2v) is 6.56. The Bertz CT molecular complexity index is 588. The Balaban J connectivity index is 1.88. The maximum Gasteiger partial charge on any atom is 0.335 e. The van der Waals surface area contributed by atoms with E-state index in [9.17, 15) is 13.8 Å². The highest BCUT2D eigenvalue weighted by molar-refractivity contribution is 7.84. The molecule has 1 heterocycles. The van der Waals surface area contributed by atoms with Gasteiger partial charge in [-0.25, -0.2) is 9.59 Å². The van der Waals surface area contributed by atoms with Crippen molar-refractivity contribution in [2.75, 3.05) is 18.6 Å². The summed E-state index contributed by atoms with van der Waals surface area (Å²) in [5, 5.41) is 11.7. The fourth-order valence-corrected chi connectivity index (χ4v) is 2.80. The molecule has 0 saturated heterocycles. The fraction of sp³-hybridized carbons (Fsp3) is 0.429.